The van der Waals surface area contributed by atoms with Crippen LogP contribution in [0.25, 0.3) is 17.0 Å². The van der Waals surface area contributed by atoms with Gasteiger partial charge >= 0.3 is 6.18 Å². The molecule has 0 radical (unpaired) electrons. The summed E-state index contributed by atoms with van der Waals surface area (Å²) in [6.07, 6.45) is 0.0838. The Kier molecular flexibility index (Phi) is 4.56. The van der Waals surface area contributed by atoms with E-state index < -0.39 is 11.7 Å². The highest BCUT2D eigenvalue weighted by Crippen LogP contribution is 2.29. The number of hydrogen-bond acceptors (Lipinski definition) is 2. The van der Waals surface area contributed by atoms with Crippen LogP contribution >= 0.6 is 0 Å². The van der Waals surface area contributed by atoms with Crippen LogP contribution in [0.5, 0.6) is 0 Å². The molecule has 3 aromatic rings. The van der Waals surface area contributed by atoms with Gasteiger partial charge in [-0.05, 0) is 29.3 Å². The highest BCUT2D eigenvalue weighted by Gasteiger charge is 2.29. The number of aromatic nitrogens is 2. The fourth-order valence-electron chi connectivity index (χ4n) is 2.37. The Morgan fingerprint density at radius 1 is 1.16 bits per heavy atom. The number of carbonyl (C=O) groups is 1. The third-order valence-corrected chi connectivity index (χ3v) is 3.68. The minimum atomic E-state index is -4.37. The van der Waals surface area contributed by atoms with Gasteiger partial charge in [0, 0.05) is 18.0 Å². The molecule has 2 aromatic carbocycles. The van der Waals surface area contributed by atoms with Crippen molar-refractivity contribution in [3.63, 3.8) is 0 Å². The Bertz CT molecular complexity index is 911. The van der Waals surface area contributed by atoms with E-state index in [2.05, 4.69) is 15.5 Å². The number of nitrogens with one attached hydrogen (secondary N) is 2. The van der Waals surface area contributed by atoms with E-state index in [1.807, 2.05) is 18.2 Å². The number of H-pyrrole nitrogens is 1. The van der Waals surface area contributed by atoms with Gasteiger partial charge < -0.3 is 5.32 Å². The summed E-state index contributed by atoms with van der Waals surface area (Å²) < 4.78 is 37.5. The SMILES string of the molecule is O=C(/C=C/c1ccc(C(F)(F)F)cc1)NCc1cccc2cn[nH]c12. The lowest BCUT2D eigenvalue weighted by Gasteiger charge is -2.06. The Hall–Kier alpha value is -3.09. The van der Waals surface area contributed by atoms with Crippen LogP contribution in [-0.2, 0) is 17.5 Å². The Morgan fingerprint density at radius 2 is 1.92 bits per heavy atom. The maximum absolute atomic E-state index is 12.5. The van der Waals surface area contributed by atoms with Gasteiger partial charge in [0.15, 0.2) is 0 Å². The molecule has 7 heteroatoms. The van der Waals surface area contributed by atoms with E-state index in [1.165, 1.54) is 24.3 Å². The fourth-order valence-corrected chi connectivity index (χ4v) is 2.37. The van der Waals surface area contributed by atoms with Crippen molar-refractivity contribution in [1.82, 2.24) is 15.5 Å². The van der Waals surface area contributed by atoms with E-state index >= 15 is 0 Å². The number of alkyl halides is 3. The van der Waals surface area contributed by atoms with Gasteiger partial charge in [-0.1, -0.05) is 30.3 Å². The third-order valence-electron chi connectivity index (χ3n) is 3.68. The Morgan fingerprint density at radius 3 is 2.64 bits per heavy atom. The van der Waals surface area contributed by atoms with Crippen molar-refractivity contribution in [3.05, 3.63) is 71.4 Å². The standard InChI is InChI=1S/C18H14F3N3O/c19-18(20,21)15-7-4-12(5-8-15)6-9-16(25)22-10-13-2-1-3-14-11-23-24-17(13)14/h1-9,11H,10H2,(H,22,25)(H,23,24)/b9-6+. The molecule has 0 atom stereocenters. The monoisotopic (exact) mass is 345 g/mol. The Balaban J connectivity index is 1.60. The summed E-state index contributed by atoms with van der Waals surface area (Å²) >= 11 is 0. The van der Waals surface area contributed by atoms with Crippen molar-refractivity contribution in [2.45, 2.75) is 12.7 Å². The predicted molar refractivity (Wildman–Crippen MR) is 88.4 cm³/mol. The van der Waals surface area contributed by atoms with E-state index in [0.29, 0.717) is 12.1 Å². The van der Waals surface area contributed by atoms with Gasteiger partial charge in [0.25, 0.3) is 0 Å². The molecule has 3 rings (SSSR count). The zero-order valence-electron chi connectivity index (χ0n) is 13.0. The van der Waals surface area contributed by atoms with Crippen molar-refractivity contribution >= 4 is 22.9 Å². The first-order chi connectivity index (χ1) is 11.9. The van der Waals surface area contributed by atoms with E-state index in [9.17, 15) is 18.0 Å². The van der Waals surface area contributed by atoms with Crippen LogP contribution in [0.15, 0.2) is 54.7 Å². The number of rotatable bonds is 4. The molecule has 0 spiro atoms. The number of carbonyl (C=O) groups excluding carboxylic acids is 1. The van der Waals surface area contributed by atoms with Gasteiger partial charge in [0.05, 0.1) is 17.3 Å². The number of nitrogens with zero attached hydrogens (tertiary/aromatic N) is 1. The molecular formula is C18H14F3N3O. The van der Waals surface area contributed by atoms with Crippen molar-refractivity contribution in [2.75, 3.05) is 0 Å². The summed E-state index contributed by atoms with van der Waals surface area (Å²) in [7, 11) is 0. The van der Waals surface area contributed by atoms with E-state index in [4.69, 9.17) is 0 Å². The quantitative estimate of drug-likeness (QED) is 0.705. The Labute approximate surface area is 141 Å². The van der Waals surface area contributed by atoms with Crippen LogP contribution in [0.2, 0.25) is 0 Å². The molecule has 25 heavy (non-hydrogen) atoms. The fraction of sp³-hybridized carbons (Fsp3) is 0.111. The van der Waals surface area contributed by atoms with Crippen LogP contribution in [-0.4, -0.2) is 16.1 Å². The van der Waals surface area contributed by atoms with Gasteiger partial charge in [-0.15, -0.1) is 0 Å². The predicted octanol–water partition coefficient (Wildman–Crippen LogP) is 3.91. The molecule has 0 bridgehead atoms. The van der Waals surface area contributed by atoms with Gasteiger partial charge in [-0.3, -0.25) is 9.89 Å². The second-order valence-corrected chi connectivity index (χ2v) is 5.42. The first-order valence-corrected chi connectivity index (χ1v) is 7.47. The number of halogens is 3. The molecular weight excluding hydrogens is 331 g/mol. The lowest BCUT2D eigenvalue weighted by atomic mass is 10.1. The zero-order chi connectivity index (χ0) is 17.9. The molecule has 0 saturated heterocycles. The number of aromatic amines is 1. The van der Waals surface area contributed by atoms with Crippen molar-refractivity contribution < 1.29 is 18.0 Å². The number of para-hydroxylation sites is 1. The third kappa shape index (κ3) is 4.06. The summed E-state index contributed by atoms with van der Waals surface area (Å²) in [5.41, 5.74) is 1.54. The molecule has 0 aliphatic heterocycles. The second kappa shape index (κ2) is 6.80. The van der Waals surface area contributed by atoms with Crippen LogP contribution in [0, 0.1) is 0 Å². The van der Waals surface area contributed by atoms with E-state index in [1.54, 1.807) is 6.20 Å². The molecule has 0 aliphatic carbocycles. The molecule has 0 unspecified atom stereocenters. The summed E-state index contributed by atoms with van der Waals surface area (Å²) in [5, 5.41) is 10.5. The normalized spacial score (nSPS) is 12.0. The molecule has 4 nitrogen and oxygen atoms in total. The van der Waals surface area contributed by atoms with Crippen LogP contribution in [0.4, 0.5) is 13.2 Å². The lowest BCUT2D eigenvalue weighted by Crippen LogP contribution is -2.20. The molecule has 0 aliphatic rings. The minimum Gasteiger partial charge on any atom is -0.348 e. The topological polar surface area (TPSA) is 57.8 Å². The molecule has 1 heterocycles. The molecule has 128 valence electrons. The van der Waals surface area contributed by atoms with Gasteiger partial charge in [0.2, 0.25) is 5.91 Å². The summed E-state index contributed by atoms with van der Waals surface area (Å²) in [6, 6.07) is 10.3. The summed E-state index contributed by atoms with van der Waals surface area (Å²) in [5.74, 6) is -0.337. The van der Waals surface area contributed by atoms with Gasteiger partial charge in [0.1, 0.15) is 0 Å². The van der Waals surface area contributed by atoms with E-state index in [0.717, 1.165) is 28.6 Å². The number of benzene rings is 2. The summed E-state index contributed by atoms with van der Waals surface area (Å²) in [4.78, 5) is 11.9. The zero-order valence-corrected chi connectivity index (χ0v) is 13.0. The van der Waals surface area contributed by atoms with Crippen LogP contribution in [0.1, 0.15) is 16.7 Å². The smallest absolute Gasteiger partial charge is 0.348 e. The largest absolute Gasteiger partial charge is 0.416 e. The summed E-state index contributed by atoms with van der Waals surface area (Å²) in [6.45, 7) is 0.315. The molecule has 0 fully saturated rings. The average molecular weight is 345 g/mol. The van der Waals surface area contributed by atoms with Crippen LogP contribution < -0.4 is 5.32 Å². The average Bonchev–Trinajstić information content (AvgIpc) is 3.07. The first kappa shape index (κ1) is 16.8. The maximum atomic E-state index is 12.5. The van der Waals surface area contributed by atoms with E-state index in [-0.39, 0.29) is 5.91 Å². The molecule has 1 aromatic heterocycles. The van der Waals surface area contributed by atoms with Gasteiger partial charge in [-0.2, -0.15) is 18.3 Å². The highest BCUT2D eigenvalue weighted by molar-refractivity contribution is 5.92. The van der Waals surface area contributed by atoms with Gasteiger partial charge in [-0.25, -0.2) is 0 Å². The highest BCUT2D eigenvalue weighted by atomic mass is 19.4. The van der Waals surface area contributed by atoms with Crippen molar-refractivity contribution in [3.8, 4) is 0 Å². The number of hydrogen-bond donors (Lipinski definition) is 2. The first-order valence-electron chi connectivity index (χ1n) is 7.47. The number of fused-ring (bicyclic) bond motifs is 1. The van der Waals surface area contributed by atoms with Crippen molar-refractivity contribution in [2.24, 2.45) is 0 Å². The molecule has 0 saturated carbocycles. The van der Waals surface area contributed by atoms with Crippen LogP contribution in [0.3, 0.4) is 0 Å². The molecule has 2 N–H and O–H groups in total. The second-order valence-electron chi connectivity index (χ2n) is 5.42. The lowest BCUT2D eigenvalue weighted by molar-refractivity contribution is -0.137. The minimum absolute atomic E-state index is 0.315. The molecule has 1 amide bonds. The maximum Gasteiger partial charge on any atom is 0.416 e. The number of amides is 1. The van der Waals surface area contributed by atoms with Crippen molar-refractivity contribution in [1.29, 1.82) is 0 Å².